The van der Waals surface area contributed by atoms with Crippen LogP contribution in [0.1, 0.15) is 11.1 Å². The van der Waals surface area contributed by atoms with E-state index >= 15 is 0 Å². The van der Waals surface area contributed by atoms with Crippen LogP contribution in [-0.2, 0) is 21.8 Å². The number of nitrogens with zero attached hydrogens (tertiary/aromatic N) is 3. The molecule has 0 bridgehead atoms. The van der Waals surface area contributed by atoms with E-state index in [1.807, 2.05) is 0 Å². The van der Waals surface area contributed by atoms with Crippen LogP contribution in [0.5, 0.6) is 0 Å². The molecule has 6 nitrogen and oxygen atoms in total. The smallest absolute Gasteiger partial charge is 0.382 e. The molecule has 134 valence electrons. The second kappa shape index (κ2) is 5.71. The molecule has 1 N–H and O–H groups in total. The van der Waals surface area contributed by atoms with Crippen molar-refractivity contribution in [2.75, 3.05) is 13.1 Å². The molecular formula is C14H11F4N3O3S. The quantitative estimate of drug-likeness (QED) is 0.648. The molecule has 0 saturated carbocycles. The van der Waals surface area contributed by atoms with Gasteiger partial charge in [0.25, 0.3) is 10.0 Å². The molecule has 2 aromatic rings. The average Bonchev–Trinajstić information content (AvgIpc) is 2.51. The summed E-state index contributed by atoms with van der Waals surface area (Å²) in [5, 5.41) is 9.19. The Balaban J connectivity index is 1.92. The Morgan fingerprint density at radius 1 is 1.12 bits per heavy atom. The molecule has 0 radical (unpaired) electrons. The summed E-state index contributed by atoms with van der Waals surface area (Å²) in [6.45, 7) is -1.21. The van der Waals surface area contributed by atoms with Crippen molar-refractivity contribution >= 4 is 10.0 Å². The fourth-order valence-electron chi connectivity index (χ4n) is 2.55. The third-order valence-corrected chi connectivity index (χ3v) is 5.55. The number of aliphatic hydroxyl groups is 1. The number of alkyl halides is 3. The molecule has 3 rings (SSSR count). The lowest BCUT2D eigenvalue weighted by atomic mass is 9.89. The molecule has 1 saturated heterocycles. The summed E-state index contributed by atoms with van der Waals surface area (Å²) < 4.78 is 78.2. The first-order valence-corrected chi connectivity index (χ1v) is 8.35. The average molecular weight is 377 g/mol. The zero-order valence-corrected chi connectivity index (χ0v) is 13.2. The van der Waals surface area contributed by atoms with E-state index in [1.54, 1.807) is 0 Å². The molecule has 0 unspecified atom stereocenters. The minimum atomic E-state index is -4.91. The minimum Gasteiger partial charge on any atom is -0.382 e. The van der Waals surface area contributed by atoms with Gasteiger partial charge in [0.05, 0.1) is 5.56 Å². The zero-order valence-electron chi connectivity index (χ0n) is 12.4. The van der Waals surface area contributed by atoms with Crippen molar-refractivity contribution in [1.82, 2.24) is 14.3 Å². The standard InChI is InChI=1S/C14H11F4N3O3S/c15-11-9(3-1-5-19-11)13(22)7-21(8-13)25(23,24)12-10(14(16,17)18)4-2-6-20-12/h1-6,22H,7-8H2. The predicted octanol–water partition coefficient (Wildman–Crippen LogP) is 1.53. The van der Waals surface area contributed by atoms with E-state index in [4.69, 9.17) is 0 Å². The lowest BCUT2D eigenvalue weighted by Gasteiger charge is -2.45. The highest BCUT2D eigenvalue weighted by atomic mass is 32.2. The zero-order chi connectivity index (χ0) is 18.5. The van der Waals surface area contributed by atoms with Gasteiger partial charge in [-0.05, 0) is 24.3 Å². The van der Waals surface area contributed by atoms with Crippen LogP contribution in [0.2, 0.25) is 0 Å². The van der Waals surface area contributed by atoms with Gasteiger partial charge in [0.15, 0.2) is 5.03 Å². The molecular weight excluding hydrogens is 366 g/mol. The summed E-state index contributed by atoms with van der Waals surface area (Å²) in [5.41, 5.74) is -3.49. The molecule has 0 aromatic carbocycles. The van der Waals surface area contributed by atoms with Crippen molar-refractivity contribution in [3.8, 4) is 0 Å². The van der Waals surface area contributed by atoms with Gasteiger partial charge in [-0.25, -0.2) is 18.4 Å². The van der Waals surface area contributed by atoms with Crippen LogP contribution in [0.3, 0.4) is 0 Å². The molecule has 1 aliphatic rings. The maximum Gasteiger partial charge on any atom is 0.419 e. The molecule has 11 heteroatoms. The highest BCUT2D eigenvalue weighted by Crippen LogP contribution is 2.39. The number of halogens is 4. The number of hydrogen-bond donors (Lipinski definition) is 1. The van der Waals surface area contributed by atoms with E-state index < -0.39 is 51.4 Å². The number of aromatic nitrogens is 2. The predicted molar refractivity (Wildman–Crippen MR) is 76.1 cm³/mol. The van der Waals surface area contributed by atoms with Crippen molar-refractivity contribution < 1.29 is 31.1 Å². The molecule has 0 spiro atoms. The van der Waals surface area contributed by atoms with E-state index in [1.165, 1.54) is 12.1 Å². The van der Waals surface area contributed by atoms with Gasteiger partial charge in [0.1, 0.15) is 5.60 Å². The first-order valence-electron chi connectivity index (χ1n) is 6.91. The molecule has 2 aromatic heterocycles. The lowest BCUT2D eigenvalue weighted by Crippen LogP contribution is -2.61. The van der Waals surface area contributed by atoms with E-state index in [0.29, 0.717) is 10.4 Å². The third-order valence-electron chi connectivity index (χ3n) is 3.80. The van der Waals surface area contributed by atoms with Gasteiger partial charge in [-0.1, -0.05) is 0 Å². The molecule has 3 heterocycles. The topological polar surface area (TPSA) is 83.4 Å². The van der Waals surface area contributed by atoms with Gasteiger partial charge in [0.2, 0.25) is 5.95 Å². The van der Waals surface area contributed by atoms with Crippen molar-refractivity contribution in [3.05, 3.63) is 53.7 Å². The highest BCUT2D eigenvalue weighted by Gasteiger charge is 2.52. The Hall–Kier alpha value is -2.11. The summed E-state index contributed by atoms with van der Waals surface area (Å²) in [5.74, 6) is -0.976. The Bertz CT molecular complexity index is 912. The van der Waals surface area contributed by atoms with Crippen LogP contribution in [0.25, 0.3) is 0 Å². The lowest BCUT2D eigenvalue weighted by molar-refractivity contribution is -0.140. The summed E-state index contributed by atoms with van der Waals surface area (Å²) >= 11 is 0. The Morgan fingerprint density at radius 2 is 1.72 bits per heavy atom. The van der Waals surface area contributed by atoms with Crippen LogP contribution < -0.4 is 0 Å². The normalized spacial score (nSPS) is 18.0. The van der Waals surface area contributed by atoms with Crippen LogP contribution in [0.4, 0.5) is 17.6 Å². The molecule has 1 aliphatic heterocycles. The van der Waals surface area contributed by atoms with Crippen LogP contribution in [0, 0.1) is 5.95 Å². The van der Waals surface area contributed by atoms with Crippen molar-refractivity contribution in [2.24, 2.45) is 0 Å². The molecule has 0 atom stereocenters. The maximum absolute atomic E-state index is 13.7. The summed E-state index contributed by atoms with van der Waals surface area (Å²) in [7, 11) is -4.61. The number of rotatable bonds is 3. The second-order valence-electron chi connectivity index (χ2n) is 5.50. The van der Waals surface area contributed by atoms with E-state index in [2.05, 4.69) is 9.97 Å². The van der Waals surface area contributed by atoms with E-state index in [9.17, 15) is 31.1 Å². The van der Waals surface area contributed by atoms with E-state index in [0.717, 1.165) is 18.5 Å². The fourth-order valence-corrected chi connectivity index (χ4v) is 4.21. The minimum absolute atomic E-state index is 0.224. The fraction of sp³-hybridized carbons (Fsp3) is 0.286. The molecule has 0 amide bonds. The molecule has 0 aliphatic carbocycles. The van der Waals surface area contributed by atoms with Crippen LogP contribution in [0.15, 0.2) is 41.7 Å². The Morgan fingerprint density at radius 3 is 2.32 bits per heavy atom. The Labute approximate surface area is 139 Å². The van der Waals surface area contributed by atoms with Gasteiger partial charge in [-0.15, -0.1) is 0 Å². The monoisotopic (exact) mass is 377 g/mol. The summed E-state index contributed by atoms with van der Waals surface area (Å²) in [6, 6.07) is 4.16. The summed E-state index contributed by atoms with van der Waals surface area (Å²) in [6.07, 6.45) is -2.83. The number of sulfonamides is 1. The van der Waals surface area contributed by atoms with Gasteiger partial charge >= 0.3 is 6.18 Å². The highest BCUT2D eigenvalue weighted by molar-refractivity contribution is 7.89. The first kappa shape index (κ1) is 17.7. The van der Waals surface area contributed by atoms with Gasteiger partial charge in [0, 0.05) is 31.0 Å². The van der Waals surface area contributed by atoms with Crippen molar-refractivity contribution in [2.45, 2.75) is 16.8 Å². The number of β-amino-alcohol motifs (C(OH)–C–C–N with tert-alkyl or cyclic N) is 1. The second-order valence-corrected chi connectivity index (χ2v) is 7.35. The SMILES string of the molecule is O=S(=O)(c1ncccc1C(F)(F)F)N1CC(O)(c2cccnc2F)C1. The first-order chi connectivity index (χ1) is 11.6. The van der Waals surface area contributed by atoms with Crippen LogP contribution in [-0.4, -0.2) is 40.9 Å². The number of hydrogen-bond acceptors (Lipinski definition) is 5. The number of pyridine rings is 2. The van der Waals surface area contributed by atoms with Crippen LogP contribution >= 0.6 is 0 Å². The molecule has 1 fully saturated rings. The largest absolute Gasteiger partial charge is 0.419 e. The van der Waals surface area contributed by atoms with Crippen molar-refractivity contribution in [3.63, 3.8) is 0 Å². The summed E-state index contributed by atoms with van der Waals surface area (Å²) in [4.78, 5) is 6.70. The van der Waals surface area contributed by atoms with Gasteiger partial charge < -0.3 is 5.11 Å². The van der Waals surface area contributed by atoms with Crippen molar-refractivity contribution in [1.29, 1.82) is 0 Å². The maximum atomic E-state index is 13.7. The van der Waals surface area contributed by atoms with Gasteiger partial charge in [-0.3, -0.25) is 0 Å². The molecule has 25 heavy (non-hydrogen) atoms. The third kappa shape index (κ3) is 2.98. The Kier molecular flexibility index (Phi) is 4.05. The van der Waals surface area contributed by atoms with Gasteiger partial charge in [-0.2, -0.15) is 21.9 Å². The van der Waals surface area contributed by atoms with E-state index in [-0.39, 0.29) is 5.56 Å².